The van der Waals surface area contributed by atoms with Crippen molar-refractivity contribution in [3.05, 3.63) is 88.0 Å². The van der Waals surface area contributed by atoms with E-state index < -0.39 is 0 Å². The zero-order chi connectivity index (χ0) is 20.8. The number of rotatable bonds is 2. The molecule has 2 aromatic carbocycles. The summed E-state index contributed by atoms with van der Waals surface area (Å²) in [5.41, 5.74) is 6.45. The number of ketones is 2. The summed E-state index contributed by atoms with van der Waals surface area (Å²) in [5, 5.41) is 0. The Kier molecular flexibility index (Phi) is 4.65. The summed E-state index contributed by atoms with van der Waals surface area (Å²) in [5.74, 6) is -0.346. The maximum absolute atomic E-state index is 13.6. The van der Waals surface area contributed by atoms with Crippen LogP contribution in [0.4, 0.5) is 10.1 Å². The molecule has 0 amide bonds. The predicted molar refractivity (Wildman–Crippen MR) is 115 cm³/mol. The van der Waals surface area contributed by atoms with Crippen LogP contribution in [0.1, 0.15) is 55.6 Å². The fourth-order valence-corrected chi connectivity index (χ4v) is 5.11. The molecule has 5 rings (SSSR count). The van der Waals surface area contributed by atoms with E-state index in [2.05, 4.69) is 4.90 Å². The van der Waals surface area contributed by atoms with Gasteiger partial charge < -0.3 is 4.90 Å². The van der Waals surface area contributed by atoms with Crippen LogP contribution in [0.2, 0.25) is 0 Å². The molecule has 3 nitrogen and oxygen atoms in total. The first-order valence-corrected chi connectivity index (χ1v) is 10.7. The Balaban J connectivity index is 1.77. The van der Waals surface area contributed by atoms with Crippen molar-refractivity contribution in [2.45, 2.75) is 51.4 Å². The summed E-state index contributed by atoms with van der Waals surface area (Å²) < 4.78 is 13.6. The topological polar surface area (TPSA) is 37.4 Å². The zero-order valence-electron chi connectivity index (χ0n) is 17.1. The van der Waals surface area contributed by atoms with Gasteiger partial charge >= 0.3 is 0 Å². The van der Waals surface area contributed by atoms with E-state index in [1.165, 1.54) is 12.1 Å². The molecule has 30 heavy (non-hydrogen) atoms. The van der Waals surface area contributed by atoms with Gasteiger partial charge in [0.25, 0.3) is 0 Å². The normalized spacial score (nSPS) is 19.9. The van der Waals surface area contributed by atoms with E-state index in [0.29, 0.717) is 12.8 Å². The van der Waals surface area contributed by atoms with E-state index >= 15 is 0 Å². The minimum absolute atomic E-state index is 0.124. The third-order valence-electron chi connectivity index (χ3n) is 6.47. The highest BCUT2D eigenvalue weighted by atomic mass is 19.1. The van der Waals surface area contributed by atoms with Crippen LogP contribution in [0.15, 0.2) is 71.1 Å². The van der Waals surface area contributed by atoms with E-state index in [0.717, 1.165) is 65.0 Å². The molecule has 0 N–H and O–H groups in total. The number of hydrogen-bond donors (Lipinski definition) is 0. The van der Waals surface area contributed by atoms with Crippen LogP contribution in [0, 0.1) is 12.7 Å². The lowest BCUT2D eigenvalue weighted by Gasteiger charge is -2.44. The maximum atomic E-state index is 13.6. The molecule has 0 saturated carbocycles. The third-order valence-corrected chi connectivity index (χ3v) is 6.47. The molecule has 2 aromatic rings. The lowest BCUT2D eigenvalue weighted by Crippen LogP contribution is -2.39. The number of hydrogen-bond acceptors (Lipinski definition) is 3. The van der Waals surface area contributed by atoms with Gasteiger partial charge in [-0.1, -0.05) is 29.8 Å². The summed E-state index contributed by atoms with van der Waals surface area (Å²) in [6.45, 7) is 2.04. The largest absolute Gasteiger partial charge is 0.317 e. The standard InChI is InChI=1S/C26H24FNO2/c1-16-8-10-17(11-9-16)24-25-20(4-2-6-22(25)29)28(19-14-12-18(27)13-15-19)21-5-3-7-23(30)26(21)24/h8-15,24H,2-7H2,1H3. The number of anilines is 1. The summed E-state index contributed by atoms with van der Waals surface area (Å²) in [7, 11) is 0. The van der Waals surface area contributed by atoms with E-state index in [1.54, 1.807) is 12.1 Å². The molecular formula is C26H24FNO2. The quantitative estimate of drug-likeness (QED) is 0.643. The van der Waals surface area contributed by atoms with Crippen molar-refractivity contribution in [1.82, 2.24) is 0 Å². The summed E-state index contributed by atoms with van der Waals surface area (Å²) in [6, 6.07) is 14.6. The first-order valence-electron chi connectivity index (χ1n) is 10.7. The van der Waals surface area contributed by atoms with Gasteiger partial charge in [0.15, 0.2) is 11.6 Å². The second-order valence-electron chi connectivity index (χ2n) is 8.43. The molecule has 4 heteroatoms. The molecule has 0 radical (unpaired) electrons. The van der Waals surface area contributed by atoms with Gasteiger partial charge in [-0.05, 0) is 62.4 Å². The molecule has 0 spiro atoms. The van der Waals surface area contributed by atoms with Gasteiger partial charge in [0.05, 0.1) is 0 Å². The van der Waals surface area contributed by atoms with E-state index in [4.69, 9.17) is 0 Å². The Morgan fingerprint density at radius 1 is 0.767 bits per heavy atom. The van der Waals surface area contributed by atoms with Crippen molar-refractivity contribution in [3.8, 4) is 0 Å². The monoisotopic (exact) mass is 401 g/mol. The molecule has 0 fully saturated rings. The first kappa shape index (κ1) is 19.0. The van der Waals surface area contributed by atoms with Gasteiger partial charge in [0.1, 0.15) is 5.82 Å². The molecule has 0 unspecified atom stereocenters. The highest BCUT2D eigenvalue weighted by Gasteiger charge is 2.43. The van der Waals surface area contributed by atoms with Crippen LogP contribution in [-0.4, -0.2) is 11.6 Å². The van der Waals surface area contributed by atoms with Crippen molar-refractivity contribution in [3.63, 3.8) is 0 Å². The zero-order valence-corrected chi connectivity index (χ0v) is 17.1. The van der Waals surface area contributed by atoms with Crippen LogP contribution >= 0.6 is 0 Å². The molecule has 0 atom stereocenters. The summed E-state index contributed by atoms with van der Waals surface area (Å²) in [6.07, 6.45) is 4.18. The van der Waals surface area contributed by atoms with Crippen LogP contribution in [0.3, 0.4) is 0 Å². The summed E-state index contributed by atoms with van der Waals surface area (Å²) >= 11 is 0. The Hall–Kier alpha value is -3.01. The first-order chi connectivity index (χ1) is 14.5. The number of benzene rings is 2. The number of halogens is 1. The van der Waals surface area contributed by atoms with Gasteiger partial charge in [0, 0.05) is 47.0 Å². The van der Waals surface area contributed by atoms with Gasteiger partial charge in [-0.2, -0.15) is 0 Å². The molecule has 0 bridgehead atoms. The van der Waals surface area contributed by atoms with Gasteiger partial charge in [-0.25, -0.2) is 4.39 Å². The SMILES string of the molecule is Cc1ccc(C2C3=C(CCCC3=O)N(c3ccc(F)cc3)C3=C2C(=O)CCC3)cc1. The number of nitrogens with zero attached hydrogens (tertiary/aromatic N) is 1. The van der Waals surface area contributed by atoms with E-state index in [-0.39, 0.29) is 23.3 Å². The van der Waals surface area contributed by atoms with Crippen molar-refractivity contribution in [1.29, 1.82) is 0 Å². The highest BCUT2D eigenvalue weighted by Crippen LogP contribution is 2.50. The average Bonchev–Trinajstić information content (AvgIpc) is 2.74. The number of carbonyl (C=O) groups is 2. The number of allylic oxidation sites excluding steroid dienone is 4. The molecule has 152 valence electrons. The maximum Gasteiger partial charge on any atom is 0.161 e. The van der Waals surface area contributed by atoms with Crippen molar-refractivity contribution < 1.29 is 14.0 Å². The van der Waals surface area contributed by atoms with E-state index in [9.17, 15) is 14.0 Å². The lowest BCUT2D eigenvalue weighted by atomic mass is 9.71. The fraction of sp³-hybridized carbons (Fsp3) is 0.308. The van der Waals surface area contributed by atoms with E-state index in [1.807, 2.05) is 31.2 Å². The predicted octanol–water partition coefficient (Wildman–Crippen LogP) is 5.75. The van der Waals surface area contributed by atoms with Crippen molar-refractivity contribution >= 4 is 17.3 Å². The van der Waals surface area contributed by atoms with Crippen LogP contribution in [0.25, 0.3) is 0 Å². The number of aryl methyl sites for hydroxylation is 1. The number of carbonyl (C=O) groups excluding carboxylic acids is 2. The lowest BCUT2D eigenvalue weighted by molar-refractivity contribution is -0.116. The Bertz CT molecular complexity index is 1050. The summed E-state index contributed by atoms with van der Waals surface area (Å²) in [4.78, 5) is 28.5. The Morgan fingerprint density at radius 3 is 1.83 bits per heavy atom. The Labute approximate surface area is 175 Å². The second kappa shape index (κ2) is 7.35. The average molecular weight is 401 g/mol. The molecular weight excluding hydrogens is 377 g/mol. The fourth-order valence-electron chi connectivity index (χ4n) is 5.11. The second-order valence-corrected chi connectivity index (χ2v) is 8.43. The van der Waals surface area contributed by atoms with Gasteiger partial charge in [0.2, 0.25) is 0 Å². The van der Waals surface area contributed by atoms with Crippen molar-refractivity contribution in [2.75, 3.05) is 4.90 Å². The third kappa shape index (κ3) is 3.02. The molecule has 2 aliphatic carbocycles. The molecule has 3 aliphatic rings. The number of Topliss-reactive ketones (excluding diaryl/α,β-unsaturated/α-hetero) is 2. The molecule has 0 saturated heterocycles. The van der Waals surface area contributed by atoms with Crippen LogP contribution < -0.4 is 4.90 Å². The van der Waals surface area contributed by atoms with Crippen LogP contribution in [-0.2, 0) is 9.59 Å². The highest BCUT2D eigenvalue weighted by molar-refractivity contribution is 6.07. The minimum atomic E-state index is -0.298. The minimum Gasteiger partial charge on any atom is -0.317 e. The smallest absolute Gasteiger partial charge is 0.161 e. The van der Waals surface area contributed by atoms with Crippen LogP contribution in [0.5, 0.6) is 0 Å². The molecule has 0 aromatic heterocycles. The van der Waals surface area contributed by atoms with Crippen molar-refractivity contribution in [2.24, 2.45) is 0 Å². The molecule has 1 aliphatic heterocycles. The van der Waals surface area contributed by atoms with Gasteiger partial charge in [-0.3, -0.25) is 9.59 Å². The molecule has 1 heterocycles. The van der Waals surface area contributed by atoms with Gasteiger partial charge in [-0.15, -0.1) is 0 Å². The Morgan fingerprint density at radius 2 is 1.30 bits per heavy atom.